The first-order valence-electron chi connectivity index (χ1n) is 7.32. The number of nitrogens with zero attached hydrogens (tertiary/aromatic N) is 2. The number of benzene rings is 2. The predicted octanol–water partition coefficient (Wildman–Crippen LogP) is 4.41. The molecule has 1 amide bonds. The summed E-state index contributed by atoms with van der Waals surface area (Å²) in [6, 6.07) is 17.0. The van der Waals surface area contributed by atoms with Crippen molar-refractivity contribution in [3.8, 4) is 11.3 Å². The Morgan fingerprint density at radius 1 is 0.840 bits per heavy atom. The first kappa shape index (κ1) is 16.6. The lowest BCUT2D eigenvalue weighted by atomic mass is 10.1. The standard InChI is InChI=1S/C18H12F3N3O/c19-18(20,21)13-8-4-5-9-15(13)22-17(25)16-11-10-14(23-24-16)12-6-2-1-3-7-12/h1-11H,(H,22,25). The topological polar surface area (TPSA) is 54.9 Å². The number of alkyl halides is 3. The van der Waals surface area contributed by atoms with Crippen LogP contribution in [0.2, 0.25) is 0 Å². The van der Waals surface area contributed by atoms with Crippen LogP contribution in [0.1, 0.15) is 16.1 Å². The summed E-state index contributed by atoms with van der Waals surface area (Å²) in [5.74, 6) is -0.760. The minimum Gasteiger partial charge on any atom is -0.320 e. The summed E-state index contributed by atoms with van der Waals surface area (Å²) in [6.45, 7) is 0. The number of rotatable bonds is 3. The van der Waals surface area contributed by atoms with Gasteiger partial charge in [0.25, 0.3) is 5.91 Å². The summed E-state index contributed by atoms with van der Waals surface area (Å²) < 4.78 is 38.9. The number of carbonyl (C=O) groups is 1. The minimum absolute atomic E-state index is 0.0725. The van der Waals surface area contributed by atoms with E-state index in [9.17, 15) is 18.0 Å². The summed E-state index contributed by atoms with van der Waals surface area (Å²) in [4.78, 5) is 12.2. The van der Waals surface area contributed by atoms with E-state index in [1.165, 1.54) is 24.3 Å². The van der Waals surface area contributed by atoms with E-state index in [0.29, 0.717) is 5.69 Å². The smallest absolute Gasteiger partial charge is 0.320 e. The van der Waals surface area contributed by atoms with Gasteiger partial charge in [0.05, 0.1) is 16.9 Å². The van der Waals surface area contributed by atoms with Crippen LogP contribution in [0, 0.1) is 0 Å². The van der Waals surface area contributed by atoms with E-state index >= 15 is 0 Å². The third kappa shape index (κ3) is 3.82. The average molecular weight is 343 g/mol. The fourth-order valence-electron chi connectivity index (χ4n) is 2.24. The highest BCUT2D eigenvalue weighted by atomic mass is 19.4. The van der Waals surface area contributed by atoms with Gasteiger partial charge in [-0.25, -0.2) is 0 Å². The Kier molecular flexibility index (Phi) is 4.47. The van der Waals surface area contributed by atoms with Crippen LogP contribution in [-0.2, 0) is 6.18 Å². The summed E-state index contributed by atoms with van der Waals surface area (Å²) in [6.07, 6.45) is -4.56. The molecular weight excluding hydrogens is 331 g/mol. The molecule has 126 valence electrons. The number of amides is 1. The van der Waals surface area contributed by atoms with Crippen LogP contribution in [0.3, 0.4) is 0 Å². The maximum atomic E-state index is 13.0. The molecule has 0 aliphatic heterocycles. The number of anilines is 1. The van der Waals surface area contributed by atoms with E-state index in [1.807, 2.05) is 30.3 Å². The minimum atomic E-state index is -4.56. The van der Waals surface area contributed by atoms with Gasteiger partial charge in [-0.3, -0.25) is 4.79 Å². The molecule has 0 saturated heterocycles. The molecule has 1 aromatic heterocycles. The van der Waals surface area contributed by atoms with Gasteiger partial charge < -0.3 is 5.32 Å². The zero-order valence-corrected chi connectivity index (χ0v) is 12.8. The van der Waals surface area contributed by atoms with Gasteiger partial charge in [-0.2, -0.15) is 13.2 Å². The van der Waals surface area contributed by atoms with Crippen LogP contribution in [-0.4, -0.2) is 16.1 Å². The maximum Gasteiger partial charge on any atom is 0.418 e. The Balaban J connectivity index is 1.81. The van der Waals surface area contributed by atoms with Crippen LogP contribution in [0.15, 0.2) is 66.7 Å². The molecule has 1 N–H and O–H groups in total. The van der Waals surface area contributed by atoms with E-state index < -0.39 is 17.6 Å². The summed E-state index contributed by atoms with van der Waals surface area (Å²) in [5, 5.41) is 9.98. The first-order valence-corrected chi connectivity index (χ1v) is 7.32. The second kappa shape index (κ2) is 6.72. The van der Waals surface area contributed by atoms with Crippen molar-refractivity contribution in [2.24, 2.45) is 0 Å². The van der Waals surface area contributed by atoms with Gasteiger partial charge in [0.1, 0.15) is 0 Å². The maximum absolute atomic E-state index is 13.0. The highest BCUT2D eigenvalue weighted by molar-refractivity contribution is 6.03. The van der Waals surface area contributed by atoms with E-state index in [-0.39, 0.29) is 11.4 Å². The van der Waals surface area contributed by atoms with Gasteiger partial charge in [0.15, 0.2) is 5.69 Å². The predicted molar refractivity (Wildman–Crippen MR) is 86.9 cm³/mol. The number of halogens is 3. The number of carbonyl (C=O) groups excluding carboxylic acids is 1. The Morgan fingerprint density at radius 2 is 1.52 bits per heavy atom. The summed E-state index contributed by atoms with van der Waals surface area (Å²) in [7, 11) is 0. The highest BCUT2D eigenvalue weighted by Crippen LogP contribution is 2.34. The van der Waals surface area contributed by atoms with Crippen LogP contribution < -0.4 is 5.32 Å². The lowest BCUT2D eigenvalue weighted by molar-refractivity contribution is -0.136. The van der Waals surface area contributed by atoms with Gasteiger partial charge in [-0.05, 0) is 24.3 Å². The molecule has 4 nitrogen and oxygen atoms in total. The van der Waals surface area contributed by atoms with Gasteiger partial charge in [-0.1, -0.05) is 42.5 Å². The van der Waals surface area contributed by atoms with Crippen LogP contribution in [0.5, 0.6) is 0 Å². The Hall–Kier alpha value is -3.22. The van der Waals surface area contributed by atoms with E-state index in [1.54, 1.807) is 6.07 Å². The van der Waals surface area contributed by atoms with E-state index in [0.717, 1.165) is 11.6 Å². The largest absolute Gasteiger partial charge is 0.418 e. The number of nitrogens with one attached hydrogen (secondary N) is 1. The highest BCUT2D eigenvalue weighted by Gasteiger charge is 2.33. The van der Waals surface area contributed by atoms with Crippen molar-refractivity contribution in [3.05, 3.63) is 78.0 Å². The lowest BCUT2D eigenvalue weighted by Crippen LogP contribution is -2.18. The van der Waals surface area contributed by atoms with Crippen molar-refractivity contribution in [1.29, 1.82) is 0 Å². The second-order valence-corrected chi connectivity index (χ2v) is 5.17. The quantitative estimate of drug-likeness (QED) is 0.766. The van der Waals surface area contributed by atoms with Crippen LogP contribution in [0.4, 0.5) is 18.9 Å². The fraction of sp³-hybridized carbons (Fsp3) is 0.0556. The molecule has 1 heterocycles. The number of hydrogen-bond acceptors (Lipinski definition) is 3. The molecule has 2 aromatic carbocycles. The summed E-state index contributed by atoms with van der Waals surface area (Å²) >= 11 is 0. The number of hydrogen-bond donors (Lipinski definition) is 1. The molecule has 0 fully saturated rings. The van der Waals surface area contributed by atoms with Crippen molar-refractivity contribution in [2.45, 2.75) is 6.18 Å². The molecule has 0 saturated carbocycles. The zero-order chi connectivity index (χ0) is 17.9. The van der Waals surface area contributed by atoms with Crippen LogP contribution in [0.25, 0.3) is 11.3 Å². The molecule has 0 aliphatic rings. The van der Waals surface area contributed by atoms with Gasteiger partial charge in [-0.15, -0.1) is 10.2 Å². The van der Waals surface area contributed by atoms with Crippen molar-refractivity contribution in [2.75, 3.05) is 5.32 Å². The lowest BCUT2D eigenvalue weighted by Gasteiger charge is -2.13. The van der Waals surface area contributed by atoms with Gasteiger partial charge >= 0.3 is 6.18 Å². The molecular formula is C18H12F3N3O. The molecule has 25 heavy (non-hydrogen) atoms. The fourth-order valence-corrected chi connectivity index (χ4v) is 2.24. The van der Waals surface area contributed by atoms with Crippen molar-refractivity contribution >= 4 is 11.6 Å². The SMILES string of the molecule is O=C(Nc1ccccc1C(F)(F)F)c1ccc(-c2ccccc2)nn1. The van der Waals surface area contributed by atoms with Gasteiger partial charge in [0, 0.05) is 5.56 Å². The third-order valence-corrected chi connectivity index (χ3v) is 3.45. The van der Waals surface area contributed by atoms with Crippen molar-refractivity contribution in [3.63, 3.8) is 0 Å². The summed E-state index contributed by atoms with van der Waals surface area (Å²) in [5.41, 5.74) is 0.0695. The van der Waals surface area contributed by atoms with Crippen molar-refractivity contribution < 1.29 is 18.0 Å². The second-order valence-electron chi connectivity index (χ2n) is 5.17. The van der Waals surface area contributed by atoms with Crippen molar-refractivity contribution in [1.82, 2.24) is 10.2 Å². The molecule has 0 radical (unpaired) electrons. The Labute approximate surface area is 141 Å². The van der Waals surface area contributed by atoms with E-state index in [4.69, 9.17) is 0 Å². The zero-order valence-electron chi connectivity index (χ0n) is 12.8. The molecule has 3 aromatic rings. The average Bonchev–Trinajstić information content (AvgIpc) is 2.62. The molecule has 0 aliphatic carbocycles. The molecule has 0 unspecified atom stereocenters. The normalized spacial score (nSPS) is 11.2. The number of para-hydroxylation sites is 1. The number of aromatic nitrogens is 2. The molecule has 0 atom stereocenters. The molecule has 7 heteroatoms. The molecule has 0 spiro atoms. The monoisotopic (exact) mass is 343 g/mol. The first-order chi connectivity index (χ1) is 11.9. The van der Waals surface area contributed by atoms with Crippen LogP contribution >= 0.6 is 0 Å². The van der Waals surface area contributed by atoms with Gasteiger partial charge in [0.2, 0.25) is 0 Å². The molecule has 0 bridgehead atoms. The Bertz CT molecular complexity index is 878. The van der Waals surface area contributed by atoms with E-state index in [2.05, 4.69) is 15.5 Å². The Morgan fingerprint density at radius 3 is 2.16 bits per heavy atom. The molecule has 3 rings (SSSR count). The third-order valence-electron chi connectivity index (χ3n) is 3.45.